The molecule has 3 aromatic carbocycles. The van der Waals surface area contributed by atoms with Crippen LogP contribution in [0.3, 0.4) is 0 Å². The Morgan fingerprint density at radius 1 is 0.941 bits per heavy atom. The summed E-state index contributed by atoms with van der Waals surface area (Å²) in [6.07, 6.45) is 1.24. The van der Waals surface area contributed by atoms with Crippen LogP contribution in [0, 0.1) is 0 Å². The third-order valence-electron chi connectivity index (χ3n) is 6.42. The van der Waals surface area contributed by atoms with E-state index >= 15 is 0 Å². The summed E-state index contributed by atoms with van der Waals surface area (Å²) >= 11 is 0. The van der Waals surface area contributed by atoms with Gasteiger partial charge in [-0.1, -0.05) is 66.7 Å². The van der Waals surface area contributed by atoms with Gasteiger partial charge in [0.05, 0.1) is 12.1 Å². The summed E-state index contributed by atoms with van der Waals surface area (Å²) in [4.78, 5) is 15.3. The largest absolute Gasteiger partial charge is 0.508 e. The summed E-state index contributed by atoms with van der Waals surface area (Å²) in [5.41, 5.74) is 10.8. The van der Waals surface area contributed by atoms with Gasteiger partial charge in [-0.25, -0.2) is 0 Å². The molecule has 6 nitrogen and oxygen atoms in total. The van der Waals surface area contributed by atoms with Gasteiger partial charge in [-0.15, -0.1) is 0 Å². The number of aromatic hydroxyl groups is 1. The minimum absolute atomic E-state index is 0.0443. The lowest BCUT2D eigenvalue weighted by Gasteiger charge is -2.38. The van der Waals surface area contributed by atoms with Crippen molar-refractivity contribution in [3.8, 4) is 5.75 Å². The van der Waals surface area contributed by atoms with Crippen molar-refractivity contribution >= 4 is 5.91 Å². The van der Waals surface area contributed by atoms with Crippen molar-refractivity contribution in [2.75, 3.05) is 13.1 Å². The molecular weight excluding hydrogens is 426 g/mol. The highest BCUT2D eigenvalue weighted by molar-refractivity contribution is 5.82. The minimum atomic E-state index is -0.666. The van der Waals surface area contributed by atoms with Crippen molar-refractivity contribution < 1.29 is 15.0 Å². The Bertz CT molecular complexity index is 1070. The van der Waals surface area contributed by atoms with Crippen LogP contribution in [0.15, 0.2) is 78.9 Å². The monoisotopic (exact) mass is 459 g/mol. The van der Waals surface area contributed by atoms with Crippen LogP contribution in [0.2, 0.25) is 0 Å². The molecule has 0 saturated heterocycles. The summed E-state index contributed by atoms with van der Waals surface area (Å²) < 4.78 is 0. The first kappa shape index (κ1) is 24.0. The number of aliphatic hydroxyl groups is 1. The van der Waals surface area contributed by atoms with Crippen LogP contribution in [0.4, 0.5) is 0 Å². The Labute approximate surface area is 201 Å². The molecule has 0 bridgehead atoms. The highest BCUT2D eigenvalue weighted by Gasteiger charge is 2.32. The Hall–Kier alpha value is -3.19. The molecule has 178 valence electrons. The number of phenols is 1. The molecule has 0 aliphatic carbocycles. The molecule has 1 aliphatic rings. The van der Waals surface area contributed by atoms with E-state index in [0.717, 1.165) is 23.1 Å². The summed E-state index contributed by atoms with van der Waals surface area (Å²) in [7, 11) is 0. The fourth-order valence-electron chi connectivity index (χ4n) is 4.59. The maximum absolute atomic E-state index is 13.4. The minimum Gasteiger partial charge on any atom is -0.508 e. The lowest BCUT2D eigenvalue weighted by atomic mass is 9.92. The highest BCUT2D eigenvalue weighted by Crippen LogP contribution is 2.24. The maximum atomic E-state index is 13.4. The van der Waals surface area contributed by atoms with Crippen LogP contribution in [0.1, 0.15) is 22.3 Å². The van der Waals surface area contributed by atoms with Gasteiger partial charge in [0.1, 0.15) is 5.75 Å². The lowest BCUT2D eigenvalue weighted by Crippen LogP contribution is -2.54. The number of nitrogens with zero attached hydrogens (tertiary/aromatic N) is 1. The molecule has 0 saturated carbocycles. The number of aliphatic hydroxyl groups excluding tert-OH is 1. The van der Waals surface area contributed by atoms with Crippen LogP contribution in [-0.2, 0) is 30.6 Å². The van der Waals surface area contributed by atoms with E-state index in [-0.39, 0.29) is 17.7 Å². The van der Waals surface area contributed by atoms with Crippen molar-refractivity contribution in [2.45, 2.75) is 44.0 Å². The van der Waals surface area contributed by atoms with Crippen LogP contribution in [0.25, 0.3) is 0 Å². The van der Waals surface area contributed by atoms with E-state index in [9.17, 15) is 15.0 Å². The summed E-state index contributed by atoms with van der Waals surface area (Å²) in [6, 6.07) is 24.2. The molecule has 5 N–H and O–H groups in total. The van der Waals surface area contributed by atoms with E-state index in [4.69, 9.17) is 5.73 Å². The molecular formula is C28H33N3O3. The summed E-state index contributed by atoms with van der Waals surface area (Å²) in [5, 5.41) is 23.3. The average molecular weight is 460 g/mol. The number of carbonyl (C=O) groups excluding carboxylic acids is 1. The van der Waals surface area contributed by atoms with Gasteiger partial charge in [0, 0.05) is 25.7 Å². The first-order chi connectivity index (χ1) is 16.5. The lowest BCUT2D eigenvalue weighted by molar-refractivity contribution is -0.136. The second kappa shape index (κ2) is 11.3. The third-order valence-corrected chi connectivity index (χ3v) is 6.42. The van der Waals surface area contributed by atoms with E-state index in [2.05, 4.69) is 17.4 Å². The standard InChI is InChI=1S/C28H33N3O3/c29-27(15-21-10-12-25(32)13-11-21)28(34)31-19-23-9-5-4-8-22(23)16-24(31)17-30-18-26(33)14-20-6-2-1-3-7-20/h1-13,24,26-27,30,32-33H,14-19,29H2/t24-,26+,27?/m0/s1. The van der Waals surface area contributed by atoms with Gasteiger partial charge in [-0.05, 0) is 53.6 Å². The molecule has 1 aliphatic heterocycles. The molecule has 3 aromatic rings. The van der Waals surface area contributed by atoms with Crippen molar-refractivity contribution in [1.82, 2.24) is 10.2 Å². The molecule has 1 amide bonds. The number of fused-ring (bicyclic) bond motifs is 1. The Morgan fingerprint density at radius 3 is 2.32 bits per heavy atom. The zero-order valence-electron chi connectivity index (χ0n) is 19.3. The van der Waals surface area contributed by atoms with Crippen molar-refractivity contribution in [2.24, 2.45) is 5.73 Å². The van der Waals surface area contributed by atoms with Gasteiger partial charge in [-0.3, -0.25) is 4.79 Å². The number of amides is 1. The predicted octanol–water partition coefficient (Wildman–Crippen LogP) is 2.41. The molecule has 1 heterocycles. The molecule has 34 heavy (non-hydrogen) atoms. The number of carbonyl (C=O) groups is 1. The Kier molecular flexibility index (Phi) is 7.95. The first-order valence-electron chi connectivity index (χ1n) is 11.8. The molecule has 0 fully saturated rings. The molecule has 4 rings (SSSR count). The number of nitrogens with one attached hydrogen (secondary N) is 1. The van der Waals surface area contributed by atoms with Crippen LogP contribution < -0.4 is 11.1 Å². The predicted molar refractivity (Wildman–Crippen MR) is 133 cm³/mol. The second-order valence-electron chi connectivity index (χ2n) is 9.07. The van der Waals surface area contributed by atoms with E-state index in [1.165, 1.54) is 5.56 Å². The fraction of sp³-hybridized carbons (Fsp3) is 0.321. The van der Waals surface area contributed by atoms with Crippen LogP contribution >= 0.6 is 0 Å². The quantitative estimate of drug-likeness (QED) is 0.394. The van der Waals surface area contributed by atoms with Gasteiger partial charge in [0.15, 0.2) is 0 Å². The van der Waals surface area contributed by atoms with Gasteiger partial charge in [-0.2, -0.15) is 0 Å². The molecule has 0 aromatic heterocycles. The van der Waals surface area contributed by atoms with E-state index in [0.29, 0.717) is 32.5 Å². The topological polar surface area (TPSA) is 98.8 Å². The average Bonchev–Trinajstić information content (AvgIpc) is 2.85. The molecule has 1 unspecified atom stereocenters. The molecule has 0 spiro atoms. The normalized spacial score (nSPS) is 17.1. The van der Waals surface area contributed by atoms with Gasteiger partial charge in [0.25, 0.3) is 0 Å². The van der Waals surface area contributed by atoms with Crippen molar-refractivity contribution in [3.63, 3.8) is 0 Å². The van der Waals surface area contributed by atoms with Gasteiger partial charge >= 0.3 is 0 Å². The van der Waals surface area contributed by atoms with Gasteiger partial charge in [0.2, 0.25) is 5.91 Å². The first-order valence-corrected chi connectivity index (χ1v) is 11.8. The summed E-state index contributed by atoms with van der Waals surface area (Å²) in [6.45, 7) is 1.56. The van der Waals surface area contributed by atoms with E-state index < -0.39 is 12.1 Å². The van der Waals surface area contributed by atoms with Crippen LogP contribution in [0.5, 0.6) is 5.75 Å². The Morgan fingerprint density at radius 2 is 1.59 bits per heavy atom. The molecule has 0 radical (unpaired) electrons. The van der Waals surface area contributed by atoms with Gasteiger partial charge < -0.3 is 26.2 Å². The SMILES string of the molecule is NC(Cc1ccc(O)cc1)C(=O)N1Cc2ccccc2C[C@H]1CNC[C@H](O)Cc1ccccc1. The maximum Gasteiger partial charge on any atom is 0.240 e. The summed E-state index contributed by atoms with van der Waals surface area (Å²) in [5.74, 6) is 0.107. The van der Waals surface area contributed by atoms with Crippen LogP contribution in [-0.4, -0.2) is 52.3 Å². The zero-order chi connectivity index (χ0) is 23.9. The number of nitrogens with two attached hydrogens (primary N) is 1. The Balaban J connectivity index is 1.39. The number of hydrogen-bond acceptors (Lipinski definition) is 5. The fourth-order valence-corrected chi connectivity index (χ4v) is 4.59. The smallest absolute Gasteiger partial charge is 0.240 e. The number of benzene rings is 3. The second-order valence-corrected chi connectivity index (χ2v) is 9.07. The number of phenolic OH excluding ortho intramolecular Hbond substituents is 1. The van der Waals surface area contributed by atoms with Crippen molar-refractivity contribution in [1.29, 1.82) is 0 Å². The molecule has 6 heteroatoms. The van der Waals surface area contributed by atoms with Crippen molar-refractivity contribution in [3.05, 3.63) is 101 Å². The van der Waals surface area contributed by atoms with E-state index in [1.54, 1.807) is 24.3 Å². The molecule has 3 atom stereocenters. The van der Waals surface area contributed by atoms with E-state index in [1.807, 2.05) is 47.4 Å². The number of rotatable bonds is 9. The highest BCUT2D eigenvalue weighted by atomic mass is 16.3. The third kappa shape index (κ3) is 6.23. The number of hydrogen-bond donors (Lipinski definition) is 4. The zero-order valence-corrected chi connectivity index (χ0v) is 19.3.